The van der Waals surface area contributed by atoms with Gasteiger partial charge in [0.15, 0.2) is 0 Å². The van der Waals surface area contributed by atoms with Crippen molar-refractivity contribution in [3.05, 3.63) is 23.8 Å². The Hall–Kier alpha value is -2.24. The molecule has 6 heteroatoms. The Morgan fingerprint density at radius 2 is 2.12 bits per heavy atom. The summed E-state index contributed by atoms with van der Waals surface area (Å²) in [5.41, 5.74) is 12.2. The van der Waals surface area contributed by atoms with Gasteiger partial charge in [-0.1, -0.05) is 0 Å². The van der Waals surface area contributed by atoms with Crippen molar-refractivity contribution in [3.8, 4) is 0 Å². The predicted molar refractivity (Wildman–Crippen MR) is 64.5 cm³/mol. The van der Waals surface area contributed by atoms with Crippen LogP contribution in [-0.2, 0) is 9.53 Å². The largest absolute Gasteiger partial charge is 0.469 e. The molecule has 0 spiro atoms. The highest BCUT2D eigenvalue weighted by Crippen LogP contribution is 2.18. The summed E-state index contributed by atoms with van der Waals surface area (Å²) in [4.78, 5) is 22.0. The number of hydrogen-bond acceptors (Lipinski definition) is 5. The van der Waals surface area contributed by atoms with Gasteiger partial charge in [0.25, 0.3) is 5.91 Å². The predicted octanol–water partition coefficient (Wildman–Crippen LogP) is 0.343. The molecule has 5 N–H and O–H groups in total. The van der Waals surface area contributed by atoms with E-state index < -0.39 is 5.91 Å². The molecule has 0 aliphatic rings. The van der Waals surface area contributed by atoms with Crippen molar-refractivity contribution in [1.29, 1.82) is 0 Å². The third-order valence-electron chi connectivity index (χ3n) is 2.18. The molecule has 0 saturated heterocycles. The van der Waals surface area contributed by atoms with Crippen molar-refractivity contribution in [1.82, 2.24) is 0 Å². The Morgan fingerprint density at radius 3 is 2.71 bits per heavy atom. The molecule has 0 bridgehead atoms. The van der Waals surface area contributed by atoms with Crippen molar-refractivity contribution >= 4 is 23.3 Å². The number of hydrogen-bond donors (Lipinski definition) is 3. The zero-order valence-electron chi connectivity index (χ0n) is 9.53. The number of anilines is 2. The third-order valence-corrected chi connectivity index (χ3v) is 2.18. The zero-order chi connectivity index (χ0) is 12.8. The lowest BCUT2D eigenvalue weighted by atomic mass is 10.1. The van der Waals surface area contributed by atoms with Crippen molar-refractivity contribution in [3.63, 3.8) is 0 Å². The second-order valence-corrected chi connectivity index (χ2v) is 3.42. The molecule has 1 rings (SSSR count). The minimum absolute atomic E-state index is 0.198. The van der Waals surface area contributed by atoms with E-state index in [1.165, 1.54) is 13.2 Å². The number of nitrogens with one attached hydrogen (secondary N) is 1. The molecular formula is C11H15N3O3. The van der Waals surface area contributed by atoms with E-state index in [9.17, 15) is 9.59 Å². The van der Waals surface area contributed by atoms with Gasteiger partial charge in [-0.05, 0) is 18.2 Å². The van der Waals surface area contributed by atoms with Crippen molar-refractivity contribution < 1.29 is 14.3 Å². The molecule has 0 radical (unpaired) electrons. The van der Waals surface area contributed by atoms with Crippen LogP contribution < -0.4 is 16.8 Å². The number of ether oxygens (including phenoxy) is 1. The van der Waals surface area contributed by atoms with E-state index in [-0.39, 0.29) is 12.4 Å². The first-order chi connectivity index (χ1) is 8.04. The number of carbonyl (C=O) groups is 2. The molecule has 0 aliphatic carbocycles. The molecule has 1 aromatic rings. The normalized spacial score (nSPS) is 9.71. The van der Waals surface area contributed by atoms with Gasteiger partial charge >= 0.3 is 5.97 Å². The average molecular weight is 237 g/mol. The number of primary amides is 1. The number of rotatable bonds is 5. The molecule has 6 nitrogen and oxygen atoms in total. The first kappa shape index (κ1) is 12.8. The highest BCUT2D eigenvalue weighted by molar-refractivity contribution is 5.99. The maximum absolute atomic E-state index is 11.1. The minimum Gasteiger partial charge on any atom is -0.469 e. The van der Waals surface area contributed by atoms with Crippen LogP contribution in [0.1, 0.15) is 16.8 Å². The van der Waals surface area contributed by atoms with E-state index in [0.29, 0.717) is 23.5 Å². The van der Waals surface area contributed by atoms with Crippen LogP contribution in [0.5, 0.6) is 0 Å². The fourth-order valence-electron chi connectivity index (χ4n) is 1.32. The van der Waals surface area contributed by atoms with Crippen LogP contribution in [-0.4, -0.2) is 25.5 Å². The summed E-state index contributed by atoms with van der Waals surface area (Å²) in [6, 6.07) is 4.72. The average Bonchev–Trinajstić information content (AvgIpc) is 2.28. The fourth-order valence-corrected chi connectivity index (χ4v) is 1.32. The summed E-state index contributed by atoms with van der Waals surface area (Å²) in [5, 5.41) is 2.92. The van der Waals surface area contributed by atoms with Gasteiger partial charge in [-0.3, -0.25) is 9.59 Å². The maximum Gasteiger partial charge on any atom is 0.307 e. The molecule has 0 saturated carbocycles. The minimum atomic E-state index is -0.550. The van der Waals surface area contributed by atoms with Gasteiger partial charge in [0.2, 0.25) is 0 Å². The summed E-state index contributed by atoms with van der Waals surface area (Å²) in [7, 11) is 1.32. The fraction of sp³-hybridized carbons (Fsp3) is 0.273. The summed E-state index contributed by atoms with van der Waals surface area (Å²) in [5.74, 6) is -0.882. The maximum atomic E-state index is 11.1. The first-order valence-electron chi connectivity index (χ1n) is 5.04. The van der Waals surface area contributed by atoms with E-state index in [0.717, 1.165) is 0 Å². The highest BCUT2D eigenvalue weighted by atomic mass is 16.5. The molecule has 0 heterocycles. The summed E-state index contributed by atoms with van der Waals surface area (Å²) in [6.45, 7) is 0.344. The van der Waals surface area contributed by atoms with Crippen molar-refractivity contribution in [2.24, 2.45) is 5.73 Å². The van der Waals surface area contributed by atoms with E-state index >= 15 is 0 Å². The van der Waals surface area contributed by atoms with E-state index in [2.05, 4.69) is 10.1 Å². The van der Waals surface area contributed by atoms with Gasteiger partial charge in [0.1, 0.15) is 0 Å². The van der Waals surface area contributed by atoms with Crippen LogP contribution in [0.25, 0.3) is 0 Å². The Balaban J connectivity index is 2.72. The van der Waals surface area contributed by atoms with Gasteiger partial charge in [-0.2, -0.15) is 0 Å². The molecule has 92 valence electrons. The second kappa shape index (κ2) is 5.74. The molecule has 1 aromatic carbocycles. The van der Waals surface area contributed by atoms with Crippen molar-refractivity contribution in [2.75, 3.05) is 24.7 Å². The molecule has 1 amide bonds. The Kier molecular flexibility index (Phi) is 4.33. The van der Waals surface area contributed by atoms with E-state index in [4.69, 9.17) is 11.5 Å². The number of carbonyl (C=O) groups excluding carboxylic acids is 2. The van der Waals surface area contributed by atoms with Crippen LogP contribution >= 0.6 is 0 Å². The molecular weight excluding hydrogens is 222 g/mol. The van der Waals surface area contributed by atoms with Gasteiger partial charge in [-0.15, -0.1) is 0 Å². The molecule has 0 aromatic heterocycles. The summed E-state index contributed by atoms with van der Waals surface area (Å²) >= 11 is 0. The van der Waals surface area contributed by atoms with Crippen LogP contribution in [0.4, 0.5) is 11.4 Å². The SMILES string of the molecule is COC(=O)CCNc1cc(N)ccc1C(N)=O. The number of amides is 1. The van der Waals surface area contributed by atoms with E-state index in [1.54, 1.807) is 12.1 Å². The smallest absolute Gasteiger partial charge is 0.307 e. The third kappa shape index (κ3) is 3.67. The van der Waals surface area contributed by atoms with Crippen LogP contribution in [0.3, 0.4) is 0 Å². The van der Waals surface area contributed by atoms with Crippen LogP contribution in [0.2, 0.25) is 0 Å². The van der Waals surface area contributed by atoms with Crippen LogP contribution in [0, 0.1) is 0 Å². The number of nitrogens with two attached hydrogens (primary N) is 2. The Morgan fingerprint density at radius 1 is 1.41 bits per heavy atom. The second-order valence-electron chi connectivity index (χ2n) is 3.42. The molecule has 0 aliphatic heterocycles. The Bertz CT molecular complexity index is 432. The first-order valence-corrected chi connectivity index (χ1v) is 5.04. The molecule has 0 fully saturated rings. The molecule has 0 atom stereocenters. The van der Waals surface area contributed by atoms with Gasteiger partial charge in [-0.25, -0.2) is 0 Å². The van der Waals surface area contributed by atoms with Crippen LogP contribution in [0.15, 0.2) is 18.2 Å². The number of esters is 1. The van der Waals surface area contributed by atoms with Crippen molar-refractivity contribution in [2.45, 2.75) is 6.42 Å². The van der Waals surface area contributed by atoms with Gasteiger partial charge < -0.3 is 21.5 Å². The standard InChI is InChI=1S/C11H15N3O3/c1-17-10(15)4-5-14-9-6-7(12)2-3-8(9)11(13)16/h2-3,6,14H,4-5,12H2,1H3,(H2,13,16). The summed E-state index contributed by atoms with van der Waals surface area (Å²) in [6.07, 6.45) is 0.198. The lowest BCUT2D eigenvalue weighted by Gasteiger charge is -2.10. The number of methoxy groups -OCH3 is 1. The molecule has 17 heavy (non-hydrogen) atoms. The number of benzene rings is 1. The monoisotopic (exact) mass is 237 g/mol. The molecule has 0 unspecified atom stereocenters. The lowest BCUT2D eigenvalue weighted by molar-refractivity contribution is -0.140. The lowest BCUT2D eigenvalue weighted by Crippen LogP contribution is -2.16. The van der Waals surface area contributed by atoms with Gasteiger partial charge in [0, 0.05) is 17.9 Å². The summed E-state index contributed by atoms with van der Waals surface area (Å²) < 4.78 is 4.49. The zero-order valence-corrected chi connectivity index (χ0v) is 9.53. The van der Waals surface area contributed by atoms with Gasteiger partial charge in [0.05, 0.1) is 19.1 Å². The van der Waals surface area contributed by atoms with E-state index in [1.807, 2.05) is 0 Å². The highest BCUT2D eigenvalue weighted by Gasteiger charge is 2.08. The quantitative estimate of drug-likeness (QED) is 0.505. The topological polar surface area (TPSA) is 107 Å². The number of nitrogen functional groups attached to an aromatic ring is 1. The Labute approximate surface area is 98.9 Å².